The molecule has 1 atom stereocenters. The molecule has 0 aliphatic carbocycles. The number of nitrogens with zero attached hydrogens (tertiary/aromatic N) is 3. The number of amides is 1. The number of aryl methyl sites for hydroxylation is 2. The van der Waals surface area contributed by atoms with Gasteiger partial charge in [0.15, 0.2) is 0 Å². The fourth-order valence-electron chi connectivity index (χ4n) is 3.12. The number of likely N-dealkylation sites (tertiary alicyclic amines) is 1. The molecule has 7 nitrogen and oxygen atoms in total. The highest BCUT2D eigenvalue weighted by Gasteiger charge is 2.39. The molecular weight excluding hydrogens is 334 g/mol. The maximum Gasteiger partial charge on any atom is 0.348 e. The molecule has 2 heterocycles. The van der Waals surface area contributed by atoms with Crippen molar-refractivity contribution in [3.05, 3.63) is 58.3 Å². The minimum atomic E-state index is -1.09. The highest BCUT2D eigenvalue weighted by molar-refractivity contribution is 5.76. The Kier molecular flexibility index (Phi) is 5.08. The molecule has 0 spiro atoms. The van der Waals surface area contributed by atoms with Crippen molar-refractivity contribution in [2.75, 3.05) is 19.7 Å². The van der Waals surface area contributed by atoms with Crippen molar-refractivity contribution >= 4 is 5.91 Å². The van der Waals surface area contributed by atoms with Crippen LogP contribution in [0.5, 0.6) is 5.75 Å². The van der Waals surface area contributed by atoms with Gasteiger partial charge in [0.2, 0.25) is 5.91 Å². The number of benzene rings is 1. The van der Waals surface area contributed by atoms with Crippen molar-refractivity contribution in [1.29, 1.82) is 0 Å². The van der Waals surface area contributed by atoms with Crippen LogP contribution in [-0.4, -0.2) is 50.8 Å². The van der Waals surface area contributed by atoms with E-state index in [9.17, 15) is 14.7 Å². The number of aromatic nitrogens is 2. The zero-order valence-corrected chi connectivity index (χ0v) is 15.0. The zero-order valence-electron chi connectivity index (χ0n) is 15.0. The molecule has 0 bridgehead atoms. The van der Waals surface area contributed by atoms with Crippen LogP contribution in [0.3, 0.4) is 0 Å². The number of β-amino-alcohol motifs (C(OH)–C–C–N with tert-alkyl or cyclic N) is 1. The topological polar surface area (TPSA) is 84.7 Å². The van der Waals surface area contributed by atoms with E-state index in [0.717, 1.165) is 0 Å². The van der Waals surface area contributed by atoms with Gasteiger partial charge in [-0.1, -0.05) is 18.2 Å². The Morgan fingerprint density at radius 2 is 2.04 bits per heavy atom. The van der Waals surface area contributed by atoms with Crippen molar-refractivity contribution in [1.82, 2.24) is 14.5 Å². The lowest BCUT2D eigenvalue weighted by Gasteiger charge is -2.24. The number of hydrogen-bond donors (Lipinski definition) is 1. The summed E-state index contributed by atoms with van der Waals surface area (Å²) < 4.78 is 6.99. The Labute approximate surface area is 151 Å². The molecule has 26 heavy (non-hydrogen) atoms. The second-order valence-electron chi connectivity index (χ2n) is 6.80. The normalized spacial score (nSPS) is 19.6. The van der Waals surface area contributed by atoms with Gasteiger partial charge in [-0.15, -0.1) is 0 Å². The SMILES string of the molecule is Cc1cc(C)n(CC(=O)N2CC[C@@](O)(COc3ccccc3)C2)c(=O)n1. The van der Waals surface area contributed by atoms with Crippen LogP contribution in [0.25, 0.3) is 0 Å². The predicted octanol–water partition coefficient (Wildman–Crippen LogP) is 0.903. The highest BCUT2D eigenvalue weighted by Crippen LogP contribution is 2.23. The number of rotatable bonds is 5. The number of aliphatic hydroxyl groups is 1. The van der Waals surface area contributed by atoms with Crippen LogP contribution >= 0.6 is 0 Å². The monoisotopic (exact) mass is 357 g/mol. The Bertz CT molecular complexity index is 850. The van der Waals surface area contributed by atoms with E-state index in [2.05, 4.69) is 4.98 Å². The highest BCUT2D eigenvalue weighted by atomic mass is 16.5. The lowest BCUT2D eigenvalue weighted by atomic mass is 10.1. The van der Waals surface area contributed by atoms with Gasteiger partial charge in [0.1, 0.15) is 24.5 Å². The summed E-state index contributed by atoms with van der Waals surface area (Å²) >= 11 is 0. The predicted molar refractivity (Wildman–Crippen MR) is 96.1 cm³/mol. The number of para-hydroxylation sites is 1. The molecule has 0 unspecified atom stereocenters. The Hall–Kier alpha value is -2.67. The second-order valence-corrected chi connectivity index (χ2v) is 6.80. The smallest absolute Gasteiger partial charge is 0.348 e. The third-order valence-electron chi connectivity index (χ3n) is 4.58. The third kappa shape index (κ3) is 4.11. The maximum atomic E-state index is 12.6. The Morgan fingerprint density at radius 1 is 1.31 bits per heavy atom. The van der Waals surface area contributed by atoms with Crippen LogP contribution in [0.4, 0.5) is 0 Å². The number of hydrogen-bond acceptors (Lipinski definition) is 5. The molecule has 2 aromatic rings. The summed E-state index contributed by atoms with van der Waals surface area (Å²) in [5.74, 6) is 0.468. The Morgan fingerprint density at radius 3 is 2.73 bits per heavy atom. The van der Waals surface area contributed by atoms with Gasteiger partial charge in [-0.2, -0.15) is 4.98 Å². The van der Waals surface area contributed by atoms with Crippen LogP contribution < -0.4 is 10.4 Å². The van der Waals surface area contributed by atoms with E-state index in [-0.39, 0.29) is 25.6 Å². The van der Waals surface area contributed by atoms with Crippen molar-refractivity contribution in [3.63, 3.8) is 0 Å². The Balaban J connectivity index is 1.61. The number of carbonyl (C=O) groups is 1. The van der Waals surface area contributed by atoms with E-state index in [1.807, 2.05) is 30.3 Å². The van der Waals surface area contributed by atoms with Crippen LogP contribution in [0.15, 0.2) is 41.2 Å². The average molecular weight is 357 g/mol. The van der Waals surface area contributed by atoms with Crippen molar-refractivity contribution in [2.45, 2.75) is 32.4 Å². The molecule has 1 N–H and O–H groups in total. The number of ether oxygens (including phenoxy) is 1. The first kappa shape index (κ1) is 18.1. The standard InChI is InChI=1S/C19H23N3O4/c1-14-10-15(2)22(18(24)20-14)11-17(23)21-9-8-19(25,12-21)13-26-16-6-4-3-5-7-16/h3-7,10,25H,8-9,11-13H2,1-2H3/t19-/m0/s1. The second kappa shape index (κ2) is 7.29. The maximum absolute atomic E-state index is 12.6. The molecule has 1 saturated heterocycles. The van der Waals surface area contributed by atoms with Gasteiger partial charge in [-0.25, -0.2) is 4.79 Å². The lowest BCUT2D eigenvalue weighted by molar-refractivity contribution is -0.132. The van der Waals surface area contributed by atoms with E-state index in [1.54, 1.807) is 24.8 Å². The first-order valence-corrected chi connectivity index (χ1v) is 8.59. The molecule has 1 fully saturated rings. The van der Waals surface area contributed by atoms with E-state index >= 15 is 0 Å². The summed E-state index contributed by atoms with van der Waals surface area (Å²) in [6, 6.07) is 11.0. The van der Waals surface area contributed by atoms with Crippen molar-refractivity contribution in [3.8, 4) is 5.75 Å². The van der Waals surface area contributed by atoms with E-state index in [0.29, 0.717) is 30.1 Å². The molecule has 0 radical (unpaired) electrons. The molecule has 1 amide bonds. The summed E-state index contributed by atoms with van der Waals surface area (Å²) in [5.41, 5.74) is -0.197. The largest absolute Gasteiger partial charge is 0.491 e. The van der Waals surface area contributed by atoms with Gasteiger partial charge < -0.3 is 14.7 Å². The summed E-state index contributed by atoms with van der Waals surface area (Å²) in [5, 5.41) is 10.7. The molecule has 1 aromatic carbocycles. The van der Waals surface area contributed by atoms with Crippen molar-refractivity contribution < 1.29 is 14.6 Å². The molecule has 1 aliphatic heterocycles. The van der Waals surface area contributed by atoms with Gasteiger partial charge in [0, 0.05) is 17.9 Å². The molecule has 138 valence electrons. The fourth-order valence-corrected chi connectivity index (χ4v) is 3.12. The average Bonchev–Trinajstić information content (AvgIpc) is 3.00. The van der Waals surface area contributed by atoms with Crippen molar-refractivity contribution in [2.24, 2.45) is 0 Å². The summed E-state index contributed by atoms with van der Waals surface area (Å²) in [4.78, 5) is 30.0. The molecule has 1 aromatic heterocycles. The van der Waals surface area contributed by atoms with Crippen LogP contribution in [0.2, 0.25) is 0 Å². The van der Waals surface area contributed by atoms with Gasteiger partial charge in [-0.3, -0.25) is 9.36 Å². The number of carbonyl (C=O) groups excluding carboxylic acids is 1. The zero-order chi connectivity index (χ0) is 18.7. The van der Waals surface area contributed by atoms with Crippen LogP contribution in [-0.2, 0) is 11.3 Å². The minimum absolute atomic E-state index is 0.0758. The summed E-state index contributed by atoms with van der Waals surface area (Å²) in [7, 11) is 0. The van der Waals surface area contributed by atoms with Gasteiger partial charge >= 0.3 is 5.69 Å². The molecular formula is C19H23N3O4. The van der Waals surface area contributed by atoms with Gasteiger partial charge in [-0.05, 0) is 38.5 Å². The molecule has 3 rings (SSSR count). The summed E-state index contributed by atoms with van der Waals surface area (Å²) in [6.45, 7) is 4.18. The molecule has 1 aliphatic rings. The van der Waals surface area contributed by atoms with E-state index in [1.165, 1.54) is 4.57 Å². The van der Waals surface area contributed by atoms with Crippen LogP contribution in [0, 0.1) is 13.8 Å². The fraction of sp³-hybridized carbons (Fsp3) is 0.421. The molecule has 0 saturated carbocycles. The van der Waals surface area contributed by atoms with Crippen LogP contribution in [0.1, 0.15) is 17.8 Å². The van der Waals surface area contributed by atoms with Gasteiger partial charge in [0.05, 0.1) is 6.54 Å². The van der Waals surface area contributed by atoms with E-state index in [4.69, 9.17) is 4.74 Å². The first-order valence-electron chi connectivity index (χ1n) is 8.59. The van der Waals surface area contributed by atoms with Gasteiger partial charge in [0.25, 0.3) is 0 Å². The minimum Gasteiger partial charge on any atom is -0.491 e. The third-order valence-corrected chi connectivity index (χ3v) is 4.58. The first-order chi connectivity index (χ1) is 12.4. The summed E-state index contributed by atoms with van der Waals surface area (Å²) in [6.07, 6.45) is 0.436. The molecule has 7 heteroatoms. The van der Waals surface area contributed by atoms with E-state index < -0.39 is 11.3 Å². The lowest BCUT2D eigenvalue weighted by Crippen LogP contribution is -2.42. The quantitative estimate of drug-likeness (QED) is 0.860.